The van der Waals surface area contributed by atoms with E-state index < -0.39 is 0 Å². The lowest BCUT2D eigenvalue weighted by molar-refractivity contribution is -0.123. The number of rotatable bonds is 4. The van der Waals surface area contributed by atoms with Crippen molar-refractivity contribution < 1.29 is 4.79 Å². The molecule has 1 unspecified atom stereocenters. The third-order valence-electron chi connectivity index (χ3n) is 3.61. The summed E-state index contributed by atoms with van der Waals surface area (Å²) in [6, 6.07) is 8.03. The monoisotopic (exact) mass is 269 g/mol. The fraction of sp³-hybridized carbons (Fsp3) is 0.267. The molecule has 3 rings (SSSR count). The maximum Gasteiger partial charge on any atom is 0.344 e. The molecule has 0 aliphatic heterocycles. The van der Waals surface area contributed by atoms with Crippen LogP contribution in [0.15, 0.2) is 41.5 Å². The molecule has 0 saturated carbocycles. The summed E-state index contributed by atoms with van der Waals surface area (Å²) < 4.78 is 0. The minimum atomic E-state index is -0.358. The zero-order chi connectivity index (χ0) is 13.9. The van der Waals surface area contributed by atoms with E-state index in [1.807, 2.05) is 18.2 Å². The first kappa shape index (κ1) is 12.6. The summed E-state index contributed by atoms with van der Waals surface area (Å²) in [5.41, 5.74) is 2.94. The molecule has 1 atom stereocenters. The van der Waals surface area contributed by atoms with Crippen LogP contribution < -0.4 is 11.0 Å². The molecule has 102 valence electrons. The Kier molecular flexibility index (Phi) is 3.33. The van der Waals surface area contributed by atoms with Gasteiger partial charge < -0.3 is 10.3 Å². The van der Waals surface area contributed by atoms with Crippen molar-refractivity contribution in [2.75, 3.05) is 6.54 Å². The number of benzene rings is 1. The number of aromatic amines is 1. The molecule has 5 heteroatoms. The van der Waals surface area contributed by atoms with Crippen LogP contribution in [-0.2, 0) is 17.6 Å². The molecule has 1 heterocycles. The largest absolute Gasteiger partial charge is 0.355 e. The van der Waals surface area contributed by atoms with Gasteiger partial charge in [0.2, 0.25) is 5.91 Å². The second-order valence-electron chi connectivity index (χ2n) is 4.92. The lowest BCUT2D eigenvalue weighted by Crippen LogP contribution is -2.36. The van der Waals surface area contributed by atoms with E-state index >= 15 is 0 Å². The molecule has 0 bridgehead atoms. The van der Waals surface area contributed by atoms with E-state index in [1.54, 1.807) is 6.20 Å². The van der Waals surface area contributed by atoms with Crippen LogP contribution in [0.5, 0.6) is 0 Å². The molecular weight excluding hydrogens is 254 g/mol. The number of aromatic nitrogens is 2. The maximum absolute atomic E-state index is 12.0. The van der Waals surface area contributed by atoms with Crippen LogP contribution in [0, 0.1) is 0 Å². The van der Waals surface area contributed by atoms with E-state index in [0.717, 1.165) is 17.5 Å². The first-order valence-electron chi connectivity index (χ1n) is 6.63. The van der Waals surface area contributed by atoms with Crippen molar-refractivity contribution >= 4 is 5.91 Å². The Morgan fingerprint density at radius 3 is 3.00 bits per heavy atom. The Morgan fingerprint density at radius 1 is 1.40 bits per heavy atom. The van der Waals surface area contributed by atoms with Crippen LogP contribution in [0.3, 0.4) is 0 Å². The van der Waals surface area contributed by atoms with Gasteiger partial charge in [0.25, 0.3) is 0 Å². The number of fused-ring (bicyclic) bond motifs is 1. The predicted octanol–water partition coefficient (Wildman–Crippen LogP) is 0.768. The van der Waals surface area contributed by atoms with Gasteiger partial charge in [0, 0.05) is 18.9 Å². The molecule has 20 heavy (non-hydrogen) atoms. The van der Waals surface area contributed by atoms with Crippen molar-refractivity contribution in [3.8, 4) is 0 Å². The second-order valence-corrected chi connectivity index (χ2v) is 4.92. The van der Waals surface area contributed by atoms with Crippen molar-refractivity contribution in [1.82, 2.24) is 15.3 Å². The number of nitrogens with one attached hydrogen (secondary N) is 2. The minimum Gasteiger partial charge on any atom is -0.355 e. The highest BCUT2D eigenvalue weighted by atomic mass is 16.2. The number of amides is 1. The number of hydrogen-bond acceptors (Lipinski definition) is 3. The van der Waals surface area contributed by atoms with Crippen LogP contribution in [0.4, 0.5) is 0 Å². The van der Waals surface area contributed by atoms with Gasteiger partial charge >= 0.3 is 5.69 Å². The number of hydrogen-bond donors (Lipinski definition) is 2. The van der Waals surface area contributed by atoms with Gasteiger partial charge in [-0.15, -0.1) is 0 Å². The fourth-order valence-corrected chi connectivity index (χ4v) is 2.45. The topological polar surface area (TPSA) is 74.8 Å². The Bertz CT molecular complexity index is 673. The van der Waals surface area contributed by atoms with E-state index in [0.29, 0.717) is 13.0 Å². The molecule has 2 N–H and O–H groups in total. The first-order chi connectivity index (χ1) is 9.74. The molecule has 0 saturated heterocycles. The van der Waals surface area contributed by atoms with Gasteiger partial charge in [-0.2, -0.15) is 0 Å². The highest BCUT2D eigenvalue weighted by molar-refractivity contribution is 5.86. The molecule has 0 fully saturated rings. The third kappa shape index (κ3) is 2.47. The summed E-state index contributed by atoms with van der Waals surface area (Å²) in [6.07, 6.45) is 4.63. The van der Waals surface area contributed by atoms with E-state index in [-0.39, 0.29) is 17.5 Å². The van der Waals surface area contributed by atoms with Gasteiger partial charge in [0.1, 0.15) is 0 Å². The summed E-state index contributed by atoms with van der Waals surface area (Å²) in [5, 5.41) is 2.93. The lowest BCUT2D eigenvalue weighted by atomic mass is 9.77. The zero-order valence-corrected chi connectivity index (χ0v) is 10.9. The quantitative estimate of drug-likeness (QED) is 0.861. The molecule has 0 spiro atoms. The van der Waals surface area contributed by atoms with Gasteiger partial charge in [-0.3, -0.25) is 4.79 Å². The summed E-state index contributed by atoms with van der Waals surface area (Å²) in [6.45, 7) is 0.547. The Labute approximate surface area is 116 Å². The van der Waals surface area contributed by atoms with E-state index in [1.165, 1.54) is 11.8 Å². The van der Waals surface area contributed by atoms with Crippen molar-refractivity contribution in [2.45, 2.75) is 18.8 Å². The number of H-pyrrole nitrogens is 1. The van der Waals surface area contributed by atoms with Crippen molar-refractivity contribution in [1.29, 1.82) is 0 Å². The molecule has 1 aliphatic rings. The number of carbonyl (C=O) groups excluding carboxylic acids is 1. The van der Waals surface area contributed by atoms with Crippen LogP contribution in [0.25, 0.3) is 0 Å². The molecular formula is C15H15N3O2. The number of carbonyl (C=O) groups is 1. The molecule has 1 aromatic heterocycles. The minimum absolute atomic E-state index is 0.0140. The first-order valence-corrected chi connectivity index (χ1v) is 6.63. The predicted molar refractivity (Wildman–Crippen MR) is 74.5 cm³/mol. The van der Waals surface area contributed by atoms with Gasteiger partial charge in [-0.1, -0.05) is 24.3 Å². The maximum atomic E-state index is 12.0. The van der Waals surface area contributed by atoms with Crippen LogP contribution in [0.2, 0.25) is 0 Å². The van der Waals surface area contributed by atoms with Crippen LogP contribution >= 0.6 is 0 Å². The molecule has 0 radical (unpaired) electrons. The van der Waals surface area contributed by atoms with Crippen molar-refractivity contribution in [3.05, 3.63) is 63.8 Å². The van der Waals surface area contributed by atoms with Crippen molar-refractivity contribution in [3.63, 3.8) is 0 Å². The number of nitrogens with zero attached hydrogens (tertiary/aromatic N) is 1. The van der Waals surface area contributed by atoms with Gasteiger partial charge in [-0.25, -0.2) is 9.78 Å². The summed E-state index contributed by atoms with van der Waals surface area (Å²) >= 11 is 0. The van der Waals surface area contributed by atoms with Gasteiger partial charge in [0.05, 0.1) is 5.92 Å². The zero-order valence-electron chi connectivity index (χ0n) is 10.9. The summed E-state index contributed by atoms with van der Waals surface area (Å²) in [4.78, 5) is 29.0. The highest BCUT2D eigenvalue weighted by Crippen LogP contribution is 2.34. The highest BCUT2D eigenvalue weighted by Gasteiger charge is 2.31. The third-order valence-corrected chi connectivity index (χ3v) is 3.61. The summed E-state index contributed by atoms with van der Waals surface area (Å²) in [7, 11) is 0. The standard InChI is InChI=1S/C15H15N3O2/c19-14(13-7-11-3-1-2-4-12(11)13)16-6-5-10-8-17-15(20)18-9-10/h1-4,8-9,13H,5-7H2,(H,16,19)(H,17,18,20). The molecule has 1 aromatic carbocycles. The van der Waals surface area contributed by atoms with Gasteiger partial charge in [0.15, 0.2) is 0 Å². The Balaban J connectivity index is 1.51. The SMILES string of the molecule is O=C(NCCc1cnc(=O)[nH]c1)C1Cc2ccccc21. The van der Waals surface area contributed by atoms with Crippen LogP contribution in [-0.4, -0.2) is 22.4 Å². The Hall–Kier alpha value is -2.43. The molecule has 1 aliphatic carbocycles. The van der Waals surface area contributed by atoms with Gasteiger partial charge in [-0.05, 0) is 29.5 Å². The van der Waals surface area contributed by atoms with E-state index in [9.17, 15) is 9.59 Å². The average Bonchev–Trinajstić information content (AvgIpc) is 2.42. The molecule has 1 amide bonds. The normalized spacial score (nSPS) is 16.1. The summed E-state index contributed by atoms with van der Waals surface area (Å²) in [5.74, 6) is 0.0565. The fourth-order valence-electron chi connectivity index (χ4n) is 2.45. The second kappa shape index (κ2) is 5.28. The van der Waals surface area contributed by atoms with Crippen LogP contribution in [0.1, 0.15) is 22.6 Å². The van der Waals surface area contributed by atoms with E-state index in [4.69, 9.17) is 0 Å². The smallest absolute Gasteiger partial charge is 0.344 e. The lowest BCUT2D eigenvalue weighted by Gasteiger charge is -2.28. The average molecular weight is 269 g/mol. The molecule has 2 aromatic rings. The Morgan fingerprint density at radius 2 is 2.25 bits per heavy atom. The van der Waals surface area contributed by atoms with Crippen molar-refractivity contribution in [2.24, 2.45) is 0 Å². The van der Waals surface area contributed by atoms with E-state index in [2.05, 4.69) is 21.4 Å². The molecule has 5 nitrogen and oxygen atoms in total.